The van der Waals surface area contributed by atoms with Crippen LogP contribution in [0.4, 0.5) is 0 Å². The van der Waals surface area contributed by atoms with Crippen molar-refractivity contribution in [3.05, 3.63) is 17.5 Å². The third-order valence-corrected chi connectivity index (χ3v) is 1.99. The van der Waals surface area contributed by atoms with Crippen molar-refractivity contribution in [2.24, 2.45) is 0 Å². The molecule has 0 saturated heterocycles. The molecule has 94 valence electrons. The van der Waals surface area contributed by atoms with E-state index in [1.165, 1.54) is 6.20 Å². The van der Waals surface area contributed by atoms with E-state index in [4.69, 9.17) is 14.6 Å². The van der Waals surface area contributed by atoms with Crippen molar-refractivity contribution < 1.29 is 19.4 Å². The molecular formula is C11H16N2O4. The first-order valence-corrected chi connectivity index (χ1v) is 5.42. The van der Waals surface area contributed by atoms with E-state index in [1.807, 2.05) is 6.92 Å². The Morgan fingerprint density at radius 2 is 2.18 bits per heavy atom. The quantitative estimate of drug-likeness (QED) is 0.723. The molecule has 6 heteroatoms. The van der Waals surface area contributed by atoms with Gasteiger partial charge in [0.1, 0.15) is 6.61 Å². The zero-order valence-corrected chi connectivity index (χ0v) is 9.97. The van der Waals surface area contributed by atoms with Crippen LogP contribution >= 0.6 is 0 Å². The molecule has 0 aliphatic carbocycles. The molecule has 0 fully saturated rings. The van der Waals surface area contributed by atoms with Gasteiger partial charge in [-0.25, -0.2) is 9.78 Å². The van der Waals surface area contributed by atoms with Crippen molar-refractivity contribution >= 4 is 5.97 Å². The predicted octanol–water partition coefficient (Wildman–Crippen LogP) is 1.29. The Balaban J connectivity index is 2.45. The fourth-order valence-electron chi connectivity index (χ4n) is 1.16. The Morgan fingerprint density at radius 1 is 1.41 bits per heavy atom. The summed E-state index contributed by atoms with van der Waals surface area (Å²) in [5.74, 6) is -1.04. The van der Waals surface area contributed by atoms with Crippen molar-refractivity contribution in [3.8, 4) is 6.01 Å². The van der Waals surface area contributed by atoms with Gasteiger partial charge in [-0.3, -0.25) is 0 Å². The van der Waals surface area contributed by atoms with Gasteiger partial charge in [-0.15, -0.1) is 0 Å². The van der Waals surface area contributed by atoms with Gasteiger partial charge in [0, 0.05) is 12.8 Å². The van der Waals surface area contributed by atoms with Gasteiger partial charge in [0.2, 0.25) is 0 Å². The van der Waals surface area contributed by atoms with Gasteiger partial charge >= 0.3 is 12.0 Å². The third kappa shape index (κ3) is 4.36. The summed E-state index contributed by atoms with van der Waals surface area (Å²) >= 11 is 0. The molecule has 1 heterocycles. The summed E-state index contributed by atoms with van der Waals surface area (Å²) in [6.07, 6.45) is 2.20. The van der Waals surface area contributed by atoms with Crippen LogP contribution in [-0.4, -0.2) is 40.9 Å². The molecule has 0 atom stereocenters. The first-order valence-electron chi connectivity index (χ1n) is 5.42. The minimum absolute atomic E-state index is 0.0829. The molecule has 0 aliphatic rings. The lowest BCUT2D eigenvalue weighted by Crippen LogP contribution is -2.10. The van der Waals surface area contributed by atoms with E-state index < -0.39 is 5.97 Å². The topological polar surface area (TPSA) is 81.5 Å². The van der Waals surface area contributed by atoms with Crippen molar-refractivity contribution in [1.82, 2.24) is 9.97 Å². The van der Waals surface area contributed by atoms with Gasteiger partial charge < -0.3 is 14.6 Å². The number of aromatic nitrogens is 2. The molecule has 0 bridgehead atoms. The minimum atomic E-state index is -1.04. The maximum atomic E-state index is 10.7. The van der Waals surface area contributed by atoms with E-state index in [0.29, 0.717) is 25.5 Å². The minimum Gasteiger partial charge on any atom is -0.478 e. The van der Waals surface area contributed by atoms with E-state index in [9.17, 15) is 4.79 Å². The summed E-state index contributed by atoms with van der Waals surface area (Å²) in [6.45, 7) is 5.15. The summed E-state index contributed by atoms with van der Waals surface area (Å²) < 4.78 is 10.5. The highest BCUT2D eigenvalue weighted by Gasteiger charge is 2.10. The second kappa shape index (κ2) is 6.80. The number of hydrogen-bond acceptors (Lipinski definition) is 5. The largest absolute Gasteiger partial charge is 0.478 e. The summed E-state index contributed by atoms with van der Waals surface area (Å²) in [6, 6.07) is 0.174. The van der Waals surface area contributed by atoms with Crippen LogP contribution in [0.15, 0.2) is 6.20 Å². The average Bonchev–Trinajstić information content (AvgIpc) is 2.28. The Morgan fingerprint density at radius 3 is 2.76 bits per heavy atom. The van der Waals surface area contributed by atoms with Gasteiger partial charge in [-0.2, -0.15) is 4.98 Å². The number of carboxylic acids is 1. The second-order valence-corrected chi connectivity index (χ2v) is 3.42. The van der Waals surface area contributed by atoms with Gasteiger partial charge in [0.25, 0.3) is 0 Å². The highest BCUT2D eigenvalue weighted by atomic mass is 16.5. The molecule has 17 heavy (non-hydrogen) atoms. The van der Waals surface area contributed by atoms with Gasteiger partial charge in [0.15, 0.2) is 0 Å². The summed E-state index contributed by atoms with van der Waals surface area (Å²) in [5, 5.41) is 8.79. The van der Waals surface area contributed by atoms with Crippen LogP contribution in [0.25, 0.3) is 0 Å². The number of nitrogens with zero attached hydrogens (tertiary/aromatic N) is 2. The molecule has 0 saturated carbocycles. The smallest absolute Gasteiger partial charge is 0.339 e. The van der Waals surface area contributed by atoms with E-state index >= 15 is 0 Å². The van der Waals surface area contributed by atoms with Crippen LogP contribution in [0.3, 0.4) is 0 Å². The van der Waals surface area contributed by atoms with E-state index in [0.717, 1.165) is 6.42 Å². The van der Waals surface area contributed by atoms with Crippen molar-refractivity contribution in [2.45, 2.75) is 20.3 Å². The first-order chi connectivity index (χ1) is 8.15. The van der Waals surface area contributed by atoms with Crippen LogP contribution in [0.1, 0.15) is 29.4 Å². The van der Waals surface area contributed by atoms with E-state index in [-0.39, 0.29) is 11.6 Å². The molecule has 0 aromatic carbocycles. The van der Waals surface area contributed by atoms with Crippen LogP contribution < -0.4 is 4.74 Å². The molecule has 1 aromatic heterocycles. The monoisotopic (exact) mass is 240 g/mol. The zero-order chi connectivity index (χ0) is 12.7. The molecule has 6 nitrogen and oxygen atoms in total. The lowest BCUT2D eigenvalue weighted by atomic mass is 10.2. The fraction of sp³-hybridized carbons (Fsp3) is 0.545. The molecule has 0 spiro atoms. The lowest BCUT2D eigenvalue weighted by molar-refractivity contribution is 0.0694. The number of aromatic carboxylic acids is 1. The van der Waals surface area contributed by atoms with Gasteiger partial charge in [0.05, 0.1) is 17.9 Å². The SMILES string of the molecule is CCCOCCOc1ncc(C(=O)O)c(C)n1. The molecule has 0 amide bonds. The number of rotatable bonds is 7. The molecule has 1 aromatic rings. The van der Waals surface area contributed by atoms with Crippen LogP contribution in [0.2, 0.25) is 0 Å². The maximum Gasteiger partial charge on any atom is 0.339 e. The van der Waals surface area contributed by atoms with E-state index in [2.05, 4.69) is 9.97 Å². The average molecular weight is 240 g/mol. The normalized spacial score (nSPS) is 10.2. The summed E-state index contributed by atoms with van der Waals surface area (Å²) in [5.41, 5.74) is 0.469. The predicted molar refractivity (Wildman–Crippen MR) is 60.3 cm³/mol. The number of ether oxygens (including phenoxy) is 2. The fourth-order valence-corrected chi connectivity index (χ4v) is 1.16. The highest BCUT2D eigenvalue weighted by Crippen LogP contribution is 2.08. The zero-order valence-electron chi connectivity index (χ0n) is 9.97. The molecule has 1 rings (SSSR count). The van der Waals surface area contributed by atoms with Crippen LogP contribution in [-0.2, 0) is 4.74 Å². The first kappa shape index (κ1) is 13.4. The van der Waals surface area contributed by atoms with Crippen molar-refractivity contribution in [3.63, 3.8) is 0 Å². The number of aryl methyl sites for hydroxylation is 1. The van der Waals surface area contributed by atoms with Crippen LogP contribution in [0, 0.1) is 6.92 Å². The van der Waals surface area contributed by atoms with Crippen molar-refractivity contribution in [2.75, 3.05) is 19.8 Å². The van der Waals surface area contributed by atoms with Gasteiger partial charge in [-0.05, 0) is 13.3 Å². The number of carboxylic acid groups (broad SMARTS) is 1. The lowest BCUT2D eigenvalue weighted by Gasteiger charge is -2.06. The number of hydrogen-bond donors (Lipinski definition) is 1. The Labute approximate surface area is 99.6 Å². The summed E-state index contributed by atoms with van der Waals surface area (Å²) in [4.78, 5) is 18.5. The second-order valence-electron chi connectivity index (χ2n) is 3.42. The Kier molecular flexibility index (Phi) is 5.35. The Bertz CT molecular complexity index is 382. The maximum absolute atomic E-state index is 10.7. The molecule has 0 aliphatic heterocycles. The highest BCUT2D eigenvalue weighted by molar-refractivity contribution is 5.88. The molecule has 1 N–H and O–H groups in total. The standard InChI is InChI=1S/C11H16N2O4/c1-3-4-16-5-6-17-11-12-7-9(10(14)15)8(2)13-11/h7H,3-6H2,1-2H3,(H,14,15). The van der Waals surface area contributed by atoms with Gasteiger partial charge in [-0.1, -0.05) is 6.92 Å². The third-order valence-electron chi connectivity index (χ3n) is 1.99. The van der Waals surface area contributed by atoms with Crippen LogP contribution in [0.5, 0.6) is 6.01 Å². The van der Waals surface area contributed by atoms with Crippen molar-refractivity contribution in [1.29, 1.82) is 0 Å². The molecular weight excluding hydrogens is 224 g/mol. The summed E-state index contributed by atoms with van der Waals surface area (Å²) in [7, 11) is 0. The van der Waals surface area contributed by atoms with E-state index in [1.54, 1.807) is 6.92 Å². The molecule has 0 unspecified atom stereocenters. The molecule has 0 radical (unpaired) electrons. The number of carbonyl (C=O) groups is 1. The Hall–Kier alpha value is -1.69.